The van der Waals surface area contributed by atoms with Crippen LogP contribution < -0.4 is 10.1 Å². The minimum atomic E-state index is -4.52. The Morgan fingerprint density at radius 2 is 1.93 bits per heavy atom. The number of halogens is 3. The molecule has 6 nitrogen and oxygen atoms in total. The highest BCUT2D eigenvalue weighted by atomic mass is 19.4. The van der Waals surface area contributed by atoms with Gasteiger partial charge in [-0.2, -0.15) is 13.2 Å². The third kappa shape index (κ3) is 6.90. The lowest BCUT2D eigenvalue weighted by atomic mass is 9.98. The summed E-state index contributed by atoms with van der Waals surface area (Å²) in [5.41, 5.74) is 1.65. The number of pyridine rings is 1. The van der Waals surface area contributed by atoms with Crippen LogP contribution in [0, 0.1) is 12.8 Å². The van der Waals surface area contributed by atoms with Crippen LogP contribution in [0.1, 0.15) is 21.6 Å². The minimum absolute atomic E-state index is 0.155. The summed E-state index contributed by atoms with van der Waals surface area (Å²) in [4.78, 5) is 27.4. The zero-order valence-corrected chi connectivity index (χ0v) is 15.0. The molecular weight excluding hydrogens is 377 g/mol. The van der Waals surface area contributed by atoms with Crippen LogP contribution in [0.2, 0.25) is 0 Å². The van der Waals surface area contributed by atoms with Gasteiger partial charge in [-0.15, -0.1) is 0 Å². The number of aliphatic carboxylic acids is 1. The molecule has 2 rings (SSSR count). The number of aryl methyl sites for hydroxylation is 1. The highest BCUT2D eigenvalue weighted by Gasteiger charge is 2.28. The van der Waals surface area contributed by atoms with Crippen molar-refractivity contribution in [3.05, 3.63) is 59.3 Å². The average Bonchev–Trinajstić information content (AvgIpc) is 2.62. The van der Waals surface area contributed by atoms with Crippen LogP contribution in [0.15, 0.2) is 42.5 Å². The van der Waals surface area contributed by atoms with Crippen molar-refractivity contribution in [2.45, 2.75) is 19.5 Å². The fourth-order valence-corrected chi connectivity index (χ4v) is 2.45. The first kappa shape index (κ1) is 21.2. The van der Waals surface area contributed by atoms with Gasteiger partial charge in [0.15, 0.2) is 6.61 Å². The molecule has 0 saturated heterocycles. The van der Waals surface area contributed by atoms with Gasteiger partial charge in [0.25, 0.3) is 5.91 Å². The molecule has 0 saturated carbocycles. The number of hydrogen-bond donors (Lipinski definition) is 2. The molecule has 28 heavy (non-hydrogen) atoms. The van der Waals surface area contributed by atoms with E-state index in [4.69, 9.17) is 0 Å². The van der Waals surface area contributed by atoms with E-state index < -0.39 is 30.6 Å². The molecule has 2 N–H and O–H groups in total. The Kier molecular flexibility index (Phi) is 6.97. The minimum Gasteiger partial charge on any atom is -0.481 e. The first-order valence-corrected chi connectivity index (χ1v) is 8.37. The standard InChI is InChI=1S/C19H19F3N2O4/c1-12-4-2-5-13(8-12)9-14(18(26)27)10-23-17(25)15-6-3-7-16(24-15)28-11-19(20,21)22/h2-8,14H,9-11H2,1H3,(H,23,25)(H,26,27). The van der Waals surface area contributed by atoms with Gasteiger partial charge in [0.05, 0.1) is 5.92 Å². The molecule has 1 atom stereocenters. The number of rotatable bonds is 8. The smallest absolute Gasteiger partial charge is 0.422 e. The normalized spacial score (nSPS) is 12.3. The Labute approximate surface area is 159 Å². The maximum atomic E-state index is 12.2. The molecule has 1 heterocycles. The molecule has 9 heteroatoms. The zero-order valence-electron chi connectivity index (χ0n) is 15.0. The van der Waals surface area contributed by atoms with Crippen molar-refractivity contribution in [3.63, 3.8) is 0 Å². The zero-order chi connectivity index (χ0) is 20.7. The second-order valence-corrected chi connectivity index (χ2v) is 6.20. The van der Waals surface area contributed by atoms with Crippen molar-refractivity contribution in [1.82, 2.24) is 10.3 Å². The highest BCUT2D eigenvalue weighted by Crippen LogP contribution is 2.17. The molecule has 0 bridgehead atoms. The number of carbonyl (C=O) groups excluding carboxylic acids is 1. The molecular formula is C19H19F3N2O4. The quantitative estimate of drug-likeness (QED) is 0.716. The van der Waals surface area contributed by atoms with Gasteiger partial charge in [-0.3, -0.25) is 9.59 Å². The molecule has 0 radical (unpaired) electrons. The Morgan fingerprint density at radius 1 is 1.21 bits per heavy atom. The van der Waals surface area contributed by atoms with Crippen LogP contribution in [0.3, 0.4) is 0 Å². The first-order chi connectivity index (χ1) is 13.1. The van der Waals surface area contributed by atoms with E-state index in [0.29, 0.717) is 0 Å². The number of benzene rings is 1. The number of carbonyl (C=O) groups is 2. The van der Waals surface area contributed by atoms with Crippen LogP contribution in [-0.2, 0) is 11.2 Å². The summed E-state index contributed by atoms with van der Waals surface area (Å²) in [5, 5.41) is 11.8. The van der Waals surface area contributed by atoms with Gasteiger partial charge < -0.3 is 15.2 Å². The van der Waals surface area contributed by atoms with Crippen molar-refractivity contribution in [3.8, 4) is 5.88 Å². The number of carboxylic acids is 1. The fraction of sp³-hybridized carbons (Fsp3) is 0.316. The molecule has 1 unspecified atom stereocenters. The van der Waals surface area contributed by atoms with E-state index in [2.05, 4.69) is 15.0 Å². The van der Waals surface area contributed by atoms with E-state index in [1.54, 1.807) is 6.07 Å². The second-order valence-electron chi connectivity index (χ2n) is 6.20. The van der Waals surface area contributed by atoms with E-state index >= 15 is 0 Å². The predicted octanol–water partition coefficient (Wildman–Crippen LogP) is 3.00. The number of ether oxygens (including phenoxy) is 1. The van der Waals surface area contributed by atoms with Crippen molar-refractivity contribution in [1.29, 1.82) is 0 Å². The van der Waals surface area contributed by atoms with E-state index in [-0.39, 0.29) is 24.5 Å². The largest absolute Gasteiger partial charge is 0.481 e. The lowest BCUT2D eigenvalue weighted by Gasteiger charge is -2.14. The Bertz CT molecular complexity index is 840. The summed E-state index contributed by atoms with van der Waals surface area (Å²) < 4.78 is 41.1. The summed E-state index contributed by atoms with van der Waals surface area (Å²) in [6.45, 7) is 0.209. The number of nitrogens with one attached hydrogen (secondary N) is 1. The molecule has 0 aliphatic heterocycles. The van der Waals surface area contributed by atoms with Crippen LogP contribution in [0.25, 0.3) is 0 Å². The molecule has 0 spiro atoms. The van der Waals surface area contributed by atoms with Gasteiger partial charge in [-0.05, 0) is 25.0 Å². The Hall–Kier alpha value is -3.10. The van der Waals surface area contributed by atoms with Gasteiger partial charge in [0.1, 0.15) is 5.69 Å². The van der Waals surface area contributed by atoms with Crippen LogP contribution in [0.5, 0.6) is 5.88 Å². The first-order valence-electron chi connectivity index (χ1n) is 8.37. The predicted molar refractivity (Wildman–Crippen MR) is 94.1 cm³/mol. The Morgan fingerprint density at radius 3 is 2.57 bits per heavy atom. The number of alkyl halides is 3. The van der Waals surface area contributed by atoms with Gasteiger partial charge in [0, 0.05) is 12.6 Å². The third-order valence-electron chi connectivity index (χ3n) is 3.76. The highest BCUT2D eigenvalue weighted by molar-refractivity contribution is 5.92. The monoisotopic (exact) mass is 396 g/mol. The average molecular weight is 396 g/mol. The number of carboxylic acid groups (broad SMARTS) is 1. The number of nitrogens with zero attached hydrogens (tertiary/aromatic N) is 1. The maximum Gasteiger partial charge on any atom is 0.422 e. The van der Waals surface area contributed by atoms with Crippen molar-refractivity contribution in [2.75, 3.05) is 13.2 Å². The van der Waals surface area contributed by atoms with E-state index in [9.17, 15) is 27.9 Å². The lowest BCUT2D eigenvalue weighted by molar-refractivity contribution is -0.154. The van der Waals surface area contributed by atoms with Gasteiger partial charge in [-0.25, -0.2) is 4.98 Å². The third-order valence-corrected chi connectivity index (χ3v) is 3.76. The van der Waals surface area contributed by atoms with Crippen molar-refractivity contribution < 1.29 is 32.6 Å². The molecule has 150 valence electrons. The van der Waals surface area contributed by atoms with Crippen LogP contribution in [0.4, 0.5) is 13.2 Å². The molecule has 2 aromatic rings. The number of hydrogen-bond acceptors (Lipinski definition) is 4. The molecule has 0 aliphatic carbocycles. The topological polar surface area (TPSA) is 88.5 Å². The SMILES string of the molecule is Cc1cccc(CC(CNC(=O)c2cccc(OCC(F)(F)F)n2)C(=O)O)c1. The van der Waals surface area contributed by atoms with Gasteiger partial charge in [-0.1, -0.05) is 35.9 Å². The summed E-state index contributed by atoms with van der Waals surface area (Å²) >= 11 is 0. The van der Waals surface area contributed by atoms with E-state index in [1.165, 1.54) is 18.2 Å². The number of aromatic nitrogens is 1. The summed E-state index contributed by atoms with van der Waals surface area (Å²) in [5.74, 6) is -2.99. The molecule has 0 fully saturated rings. The molecule has 1 aromatic carbocycles. The van der Waals surface area contributed by atoms with Crippen LogP contribution in [-0.4, -0.2) is 41.3 Å². The van der Waals surface area contributed by atoms with Crippen molar-refractivity contribution in [2.24, 2.45) is 5.92 Å². The summed E-state index contributed by atoms with van der Waals surface area (Å²) in [6, 6.07) is 11.2. The van der Waals surface area contributed by atoms with Gasteiger partial charge >= 0.3 is 12.1 Å². The molecule has 0 aliphatic rings. The van der Waals surface area contributed by atoms with E-state index in [0.717, 1.165) is 11.1 Å². The second kappa shape index (κ2) is 9.20. The van der Waals surface area contributed by atoms with Crippen molar-refractivity contribution >= 4 is 11.9 Å². The summed E-state index contributed by atoms with van der Waals surface area (Å²) in [7, 11) is 0. The van der Waals surface area contributed by atoms with E-state index in [1.807, 2.05) is 25.1 Å². The lowest BCUT2D eigenvalue weighted by Crippen LogP contribution is -2.34. The fourth-order valence-electron chi connectivity index (χ4n) is 2.45. The Balaban J connectivity index is 1.98. The van der Waals surface area contributed by atoms with Gasteiger partial charge in [0.2, 0.25) is 5.88 Å². The summed E-state index contributed by atoms with van der Waals surface area (Å²) in [6.07, 6.45) is -4.30. The van der Waals surface area contributed by atoms with Crippen LogP contribution >= 0.6 is 0 Å². The maximum absolute atomic E-state index is 12.2. The molecule has 1 amide bonds. The molecule has 1 aromatic heterocycles. The number of amides is 1.